The van der Waals surface area contributed by atoms with Gasteiger partial charge in [-0.05, 0) is 25.8 Å². The second kappa shape index (κ2) is 5.84. The number of carbonyl (C=O) groups excluding carboxylic acids is 1. The monoisotopic (exact) mass is 175 g/mol. The highest BCUT2D eigenvalue weighted by Crippen LogP contribution is 1.93. The van der Waals surface area contributed by atoms with Gasteiger partial charge in [-0.25, -0.2) is 0 Å². The first-order valence-electron chi connectivity index (χ1n) is 3.82. The number of hydrogen-bond donors (Lipinski definition) is 1. The average Bonchev–Trinajstić information content (AvgIpc) is 2.01. The van der Waals surface area contributed by atoms with E-state index < -0.39 is 0 Å². The van der Waals surface area contributed by atoms with E-state index in [0.717, 1.165) is 5.57 Å². The van der Waals surface area contributed by atoms with Gasteiger partial charge in [-0.3, -0.25) is 4.79 Å². The SMILES string of the molecule is C=C(C)/C=C\C(=C)NC(=O)C#CC. The molecule has 0 fully saturated rings. The van der Waals surface area contributed by atoms with Crippen molar-refractivity contribution in [1.82, 2.24) is 5.32 Å². The molecule has 0 rings (SSSR count). The van der Waals surface area contributed by atoms with Crippen LogP contribution in [0.25, 0.3) is 0 Å². The fourth-order valence-electron chi connectivity index (χ4n) is 0.575. The smallest absolute Gasteiger partial charge is 0.300 e. The van der Waals surface area contributed by atoms with Gasteiger partial charge in [0.1, 0.15) is 0 Å². The van der Waals surface area contributed by atoms with E-state index in [1.807, 2.05) is 6.92 Å². The van der Waals surface area contributed by atoms with Gasteiger partial charge in [0.25, 0.3) is 5.91 Å². The molecular weight excluding hydrogens is 162 g/mol. The van der Waals surface area contributed by atoms with Crippen LogP contribution < -0.4 is 5.32 Å². The molecule has 0 aliphatic rings. The summed E-state index contributed by atoms with van der Waals surface area (Å²) in [7, 11) is 0. The van der Waals surface area contributed by atoms with Crippen molar-refractivity contribution in [2.45, 2.75) is 13.8 Å². The van der Waals surface area contributed by atoms with Crippen LogP contribution in [0, 0.1) is 11.8 Å². The maximum atomic E-state index is 10.9. The minimum absolute atomic E-state index is 0.348. The maximum absolute atomic E-state index is 10.9. The molecule has 0 atom stereocenters. The van der Waals surface area contributed by atoms with Gasteiger partial charge < -0.3 is 5.32 Å². The van der Waals surface area contributed by atoms with Crippen LogP contribution in [0.4, 0.5) is 0 Å². The third-order valence-electron chi connectivity index (χ3n) is 1.08. The number of carbonyl (C=O) groups is 1. The Morgan fingerprint density at radius 1 is 1.38 bits per heavy atom. The van der Waals surface area contributed by atoms with Crippen molar-refractivity contribution in [3.05, 3.63) is 36.6 Å². The van der Waals surface area contributed by atoms with E-state index >= 15 is 0 Å². The summed E-state index contributed by atoms with van der Waals surface area (Å²) in [5, 5.41) is 2.50. The summed E-state index contributed by atoms with van der Waals surface area (Å²) in [5.41, 5.74) is 1.41. The Labute approximate surface area is 79.0 Å². The molecule has 0 bridgehead atoms. The van der Waals surface area contributed by atoms with Gasteiger partial charge in [-0.15, -0.1) is 0 Å². The van der Waals surface area contributed by atoms with Gasteiger partial charge in [0.15, 0.2) is 0 Å². The highest BCUT2D eigenvalue weighted by Gasteiger charge is 1.93. The van der Waals surface area contributed by atoms with Crippen LogP contribution >= 0.6 is 0 Å². The van der Waals surface area contributed by atoms with E-state index in [-0.39, 0.29) is 5.91 Å². The molecule has 0 aliphatic heterocycles. The van der Waals surface area contributed by atoms with Crippen molar-refractivity contribution in [3.63, 3.8) is 0 Å². The lowest BCUT2D eigenvalue weighted by molar-refractivity contribution is -0.114. The van der Waals surface area contributed by atoms with Crippen LogP contribution in [0.1, 0.15) is 13.8 Å². The lowest BCUT2D eigenvalue weighted by Crippen LogP contribution is -2.18. The fourth-order valence-corrected chi connectivity index (χ4v) is 0.575. The molecule has 68 valence electrons. The first-order chi connectivity index (χ1) is 6.06. The molecule has 1 N–H and O–H groups in total. The Morgan fingerprint density at radius 2 is 2.00 bits per heavy atom. The minimum Gasteiger partial charge on any atom is -0.316 e. The molecular formula is C11H13NO. The zero-order valence-electron chi connectivity index (χ0n) is 7.98. The molecule has 0 heterocycles. The first-order valence-corrected chi connectivity index (χ1v) is 3.82. The van der Waals surface area contributed by atoms with Crippen molar-refractivity contribution in [1.29, 1.82) is 0 Å². The summed E-state index contributed by atoms with van der Waals surface area (Å²) in [6.45, 7) is 10.8. The highest BCUT2D eigenvalue weighted by atomic mass is 16.1. The quantitative estimate of drug-likeness (QED) is 0.514. The zero-order chi connectivity index (χ0) is 10.3. The van der Waals surface area contributed by atoms with Gasteiger partial charge in [-0.2, -0.15) is 0 Å². The predicted octanol–water partition coefficient (Wildman–Crippen LogP) is 1.77. The van der Waals surface area contributed by atoms with Crippen molar-refractivity contribution in [2.24, 2.45) is 0 Å². The standard InChI is InChI=1S/C11H13NO/c1-5-6-11(13)12-10(4)8-7-9(2)3/h7-8H,2,4H2,1,3H3,(H,12,13)/b8-7-. The van der Waals surface area contributed by atoms with E-state index in [1.54, 1.807) is 19.1 Å². The number of allylic oxidation sites excluding steroid dienone is 3. The van der Waals surface area contributed by atoms with Crippen molar-refractivity contribution in [3.8, 4) is 11.8 Å². The second-order valence-corrected chi connectivity index (χ2v) is 2.53. The van der Waals surface area contributed by atoms with E-state index in [0.29, 0.717) is 5.70 Å². The molecule has 0 unspecified atom stereocenters. The second-order valence-electron chi connectivity index (χ2n) is 2.53. The molecule has 0 aromatic carbocycles. The third kappa shape index (κ3) is 6.64. The first kappa shape index (κ1) is 11.2. The normalized spacial score (nSPS) is 8.77. The fraction of sp³-hybridized carbons (Fsp3) is 0.182. The van der Waals surface area contributed by atoms with Crippen LogP contribution in [0.3, 0.4) is 0 Å². The molecule has 0 spiro atoms. The van der Waals surface area contributed by atoms with Crippen LogP contribution in [0.5, 0.6) is 0 Å². The van der Waals surface area contributed by atoms with Gasteiger partial charge >= 0.3 is 0 Å². The van der Waals surface area contributed by atoms with Gasteiger partial charge in [0.05, 0.1) is 0 Å². The summed E-state index contributed by atoms with van der Waals surface area (Å²) in [6.07, 6.45) is 3.44. The Morgan fingerprint density at radius 3 is 2.46 bits per heavy atom. The van der Waals surface area contributed by atoms with Crippen LogP contribution in [0.15, 0.2) is 36.6 Å². The Hall–Kier alpha value is -1.75. The summed E-state index contributed by atoms with van der Waals surface area (Å²) < 4.78 is 0. The Balaban J connectivity index is 4.07. The lowest BCUT2D eigenvalue weighted by atomic mass is 10.3. The van der Waals surface area contributed by atoms with Gasteiger partial charge in [0, 0.05) is 5.70 Å². The largest absolute Gasteiger partial charge is 0.316 e. The van der Waals surface area contributed by atoms with E-state index in [4.69, 9.17) is 0 Å². The number of rotatable bonds is 3. The lowest BCUT2D eigenvalue weighted by Gasteiger charge is -1.97. The molecule has 2 heteroatoms. The molecule has 1 amide bonds. The van der Waals surface area contributed by atoms with E-state index in [1.165, 1.54) is 0 Å². The molecule has 0 aromatic rings. The maximum Gasteiger partial charge on any atom is 0.300 e. The molecule has 0 aromatic heterocycles. The molecule has 2 nitrogen and oxygen atoms in total. The van der Waals surface area contributed by atoms with Gasteiger partial charge in [-0.1, -0.05) is 30.7 Å². The summed E-state index contributed by atoms with van der Waals surface area (Å²) in [5.74, 6) is 4.49. The zero-order valence-corrected chi connectivity index (χ0v) is 7.98. The molecule has 13 heavy (non-hydrogen) atoms. The molecule has 0 radical (unpaired) electrons. The highest BCUT2D eigenvalue weighted by molar-refractivity contribution is 5.94. The third-order valence-corrected chi connectivity index (χ3v) is 1.08. The van der Waals surface area contributed by atoms with Crippen molar-refractivity contribution in [2.75, 3.05) is 0 Å². The average molecular weight is 175 g/mol. The summed E-state index contributed by atoms with van der Waals surface area (Å²) >= 11 is 0. The Kier molecular flexibility index (Phi) is 5.06. The van der Waals surface area contributed by atoms with E-state index in [9.17, 15) is 4.79 Å². The van der Waals surface area contributed by atoms with Crippen LogP contribution in [-0.4, -0.2) is 5.91 Å². The van der Waals surface area contributed by atoms with E-state index in [2.05, 4.69) is 30.3 Å². The summed E-state index contributed by atoms with van der Waals surface area (Å²) in [4.78, 5) is 10.9. The predicted molar refractivity (Wildman–Crippen MR) is 54.7 cm³/mol. The van der Waals surface area contributed by atoms with Crippen LogP contribution in [0.2, 0.25) is 0 Å². The molecule has 0 aliphatic carbocycles. The number of hydrogen-bond acceptors (Lipinski definition) is 1. The van der Waals surface area contributed by atoms with Crippen LogP contribution in [-0.2, 0) is 4.79 Å². The van der Waals surface area contributed by atoms with Crippen molar-refractivity contribution >= 4 is 5.91 Å². The minimum atomic E-state index is -0.348. The molecule has 0 saturated carbocycles. The topological polar surface area (TPSA) is 29.1 Å². The summed E-state index contributed by atoms with van der Waals surface area (Å²) in [6, 6.07) is 0. The van der Waals surface area contributed by atoms with Gasteiger partial charge in [0.2, 0.25) is 0 Å². The number of nitrogens with one attached hydrogen (secondary N) is 1. The number of amides is 1. The van der Waals surface area contributed by atoms with Crippen molar-refractivity contribution < 1.29 is 4.79 Å². The Bertz CT molecular complexity index is 313. The molecule has 0 saturated heterocycles.